The summed E-state index contributed by atoms with van der Waals surface area (Å²) in [5.74, 6) is -1.43. The van der Waals surface area contributed by atoms with E-state index in [-0.39, 0.29) is 5.56 Å². The molecule has 0 aliphatic carbocycles. The Morgan fingerprint density at radius 3 is 2.50 bits per heavy atom. The maximum Gasteiger partial charge on any atom is 0.341 e. The fourth-order valence-corrected chi connectivity index (χ4v) is 1.10. The van der Waals surface area contributed by atoms with Gasteiger partial charge in [-0.2, -0.15) is 0 Å². The Balaban J connectivity index is 3.40. The van der Waals surface area contributed by atoms with Gasteiger partial charge in [-0.05, 0) is 18.6 Å². The largest absolute Gasteiger partial charge is 0.477 e. The van der Waals surface area contributed by atoms with Crippen LogP contribution in [-0.2, 0) is 0 Å². The molecule has 0 fully saturated rings. The van der Waals surface area contributed by atoms with Gasteiger partial charge in [0.25, 0.3) is 12.0 Å². The lowest BCUT2D eigenvalue weighted by atomic mass is 10.1. The number of aromatic carboxylic acids is 1. The van der Waals surface area contributed by atoms with E-state index in [0.29, 0.717) is 0 Å². The molecule has 0 atom stereocenters. The number of H-pyrrole nitrogens is 1. The number of aryl methyl sites for hydroxylation is 1. The van der Waals surface area contributed by atoms with E-state index in [4.69, 9.17) is 5.11 Å². The van der Waals surface area contributed by atoms with Crippen LogP contribution in [0.2, 0.25) is 0 Å². The van der Waals surface area contributed by atoms with Crippen LogP contribution < -0.4 is 5.56 Å². The van der Waals surface area contributed by atoms with Gasteiger partial charge < -0.3 is 10.1 Å². The molecule has 0 bridgehead atoms. The highest BCUT2D eigenvalue weighted by molar-refractivity contribution is 5.88. The molecule has 0 radical (unpaired) electrons. The molecule has 0 saturated heterocycles. The number of hydrogen-bond acceptors (Lipinski definition) is 2. The Labute approximate surface area is 77.2 Å². The lowest BCUT2D eigenvalue weighted by Crippen LogP contribution is -2.20. The predicted octanol–water partition coefficient (Wildman–Crippen LogP) is 1.32. The number of aromatic amines is 1. The molecule has 4 nitrogen and oxygen atoms in total. The van der Waals surface area contributed by atoms with Crippen LogP contribution in [0.5, 0.6) is 0 Å². The van der Waals surface area contributed by atoms with Gasteiger partial charge in [0, 0.05) is 0 Å². The van der Waals surface area contributed by atoms with Gasteiger partial charge >= 0.3 is 5.97 Å². The second-order valence-electron chi connectivity index (χ2n) is 2.72. The second-order valence-corrected chi connectivity index (χ2v) is 2.72. The summed E-state index contributed by atoms with van der Waals surface area (Å²) >= 11 is 0. The minimum Gasteiger partial charge on any atom is -0.477 e. The molecule has 76 valence electrons. The Hall–Kier alpha value is -1.72. The van der Waals surface area contributed by atoms with Crippen molar-refractivity contribution in [1.82, 2.24) is 4.98 Å². The van der Waals surface area contributed by atoms with Gasteiger partial charge in [-0.1, -0.05) is 0 Å². The van der Waals surface area contributed by atoms with Crippen LogP contribution in [0.25, 0.3) is 0 Å². The van der Waals surface area contributed by atoms with Crippen molar-refractivity contribution in [3.05, 3.63) is 33.2 Å². The molecule has 0 spiro atoms. The van der Waals surface area contributed by atoms with E-state index >= 15 is 0 Å². The molecule has 1 rings (SSSR count). The maximum atomic E-state index is 12.1. The van der Waals surface area contributed by atoms with Crippen molar-refractivity contribution in [1.29, 1.82) is 0 Å². The van der Waals surface area contributed by atoms with Crippen LogP contribution in [-0.4, -0.2) is 16.1 Å². The zero-order valence-electron chi connectivity index (χ0n) is 7.17. The summed E-state index contributed by atoms with van der Waals surface area (Å²) in [7, 11) is 0. The normalized spacial score (nSPS) is 10.6. The van der Waals surface area contributed by atoms with Crippen molar-refractivity contribution >= 4 is 5.97 Å². The Bertz CT molecular complexity index is 425. The summed E-state index contributed by atoms with van der Waals surface area (Å²) in [5.41, 5.74) is -2.06. The highest BCUT2D eigenvalue weighted by Gasteiger charge is 2.16. The van der Waals surface area contributed by atoms with Gasteiger partial charge in [0.15, 0.2) is 0 Å². The zero-order valence-corrected chi connectivity index (χ0v) is 7.17. The van der Waals surface area contributed by atoms with Crippen LogP contribution in [0.1, 0.15) is 28.0 Å². The van der Waals surface area contributed by atoms with Gasteiger partial charge in [0.05, 0.1) is 5.69 Å². The van der Waals surface area contributed by atoms with Gasteiger partial charge in [0.1, 0.15) is 5.56 Å². The minimum atomic E-state index is -2.82. The number of alkyl halides is 2. The van der Waals surface area contributed by atoms with E-state index < -0.39 is 29.2 Å². The van der Waals surface area contributed by atoms with E-state index in [9.17, 15) is 18.4 Å². The molecule has 14 heavy (non-hydrogen) atoms. The van der Waals surface area contributed by atoms with Crippen molar-refractivity contribution in [2.75, 3.05) is 0 Å². The quantitative estimate of drug-likeness (QED) is 0.761. The topological polar surface area (TPSA) is 70.2 Å². The number of carboxylic acid groups (broad SMARTS) is 1. The molecule has 1 aromatic heterocycles. The third kappa shape index (κ3) is 1.78. The maximum absolute atomic E-state index is 12.1. The number of halogens is 2. The molecule has 6 heteroatoms. The molecule has 0 aromatic carbocycles. The third-order valence-corrected chi connectivity index (χ3v) is 1.70. The lowest BCUT2D eigenvalue weighted by Gasteiger charge is -2.03. The molecule has 1 heterocycles. The Morgan fingerprint density at radius 1 is 1.57 bits per heavy atom. The average Bonchev–Trinajstić information content (AvgIpc) is 2.01. The Morgan fingerprint density at radius 2 is 2.14 bits per heavy atom. The molecular weight excluding hydrogens is 196 g/mol. The van der Waals surface area contributed by atoms with Crippen molar-refractivity contribution in [3.63, 3.8) is 0 Å². The van der Waals surface area contributed by atoms with Crippen LogP contribution in [0.3, 0.4) is 0 Å². The van der Waals surface area contributed by atoms with E-state index in [1.807, 2.05) is 4.98 Å². The van der Waals surface area contributed by atoms with Crippen LogP contribution in [0.15, 0.2) is 10.9 Å². The summed E-state index contributed by atoms with van der Waals surface area (Å²) < 4.78 is 24.3. The molecule has 0 amide bonds. The first-order valence-electron chi connectivity index (χ1n) is 3.68. The van der Waals surface area contributed by atoms with Crippen molar-refractivity contribution in [2.45, 2.75) is 13.3 Å². The first kappa shape index (κ1) is 10.4. The van der Waals surface area contributed by atoms with Crippen LogP contribution in [0, 0.1) is 6.92 Å². The number of aromatic nitrogens is 1. The van der Waals surface area contributed by atoms with Crippen LogP contribution in [0.4, 0.5) is 8.78 Å². The monoisotopic (exact) mass is 203 g/mol. The first-order valence-corrected chi connectivity index (χ1v) is 3.68. The molecule has 0 unspecified atom stereocenters. The highest BCUT2D eigenvalue weighted by Crippen LogP contribution is 2.16. The summed E-state index contributed by atoms with van der Waals surface area (Å²) in [6.07, 6.45) is -2.82. The number of hydrogen-bond donors (Lipinski definition) is 2. The van der Waals surface area contributed by atoms with Gasteiger partial charge in [0.2, 0.25) is 0 Å². The zero-order chi connectivity index (χ0) is 10.9. The molecule has 0 aliphatic heterocycles. The first-order chi connectivity index (χ1) is 6.43. The summed E-state index contributed by atoms with van der Waals surface area (Å²) in [6.45, 7) is 1.30. The van der Waals surface area contributed by atoms with E-state index in [0.717, 1.165) is 6.07 Å². The molecule has 0 saturated carbocycles. The van der Waals surface area contributed by atoms with Crippen molar-refractivity contribution < 1.29 is 18.7 Å². The summed E-state index contributed by atoms with van der Waals surface area (Å²) in [6, 6.07) is 0.954. The van der Waals surface area contributed by atoms with E-state index in [2.05, 4.69) is 0 Å². The number of carboxylic acids is 1. The number of carbonyl (C=O) groups is 1. The number of nitrogens with one attached hydrogen (secondary N) is 1. The fourth-order valence-electron chi connectivity index (χ4n) is 1.10. The molecule has 2 N–H and O–H groups in total. The molecule has 0 aliphatic rings. The molecular formula is C8H7F2NO3. The fraction of sp³-hybridized carbons (Fsp3) is 0.250. The smallest absolute Gasteiger partial charge is 0.341 e. The summed E-state index contributed by atoms with van der Waals surface area (Å²) in [4.78, 5) is 23.4. The highest BCUT2D eigenvalue weighted by atomic mass is 19.3. The molecule has 1 aromatic rings. The van der Waals surface area contributed by atoms with Crippen molar-refractivity contribution in [3.8, 4) is 0 Å². The van der Waals surface area contributed by atoms with Crippen LogP contribution >= 0.6 is 0 Å². The van der Waals surface area contributed by atoms with E-state index in [1.165, 1.54) is 6.92 Å². The predicted molar refractivity (Wildman–Crippen MR) is 43.7 cm³/mol. The van der Waals surface area contributed by atoms with Crippen molar-refractivity contribution in [2.24, 2.45) is 0 Å². The summed E-state index contributed by atoms with van der Waals surface area (Å²) in [5, 5.41) is 8.57. The average molecular weight is 203 g/mol. The van der Waals surface area contributed by atoms with E-state index in [1.54, 1.807) is 0 Å². The third-order valence-electron chi connectivity index (χ3n) is 1.70. The SMILES string of the molecule is Cc1cc(C(F)F)[nH]c(=O)c1C(=O)O. The lowest BCUT2D eigenvalue weighted by molar-refractivity contribution is 0.0693. The van der Waals surface area contributed by atoms with Gasteiger partial charge in [-0.3, -0.25) is 4.79 Å². The van der Waals surface area contributed by atoms with Gasteiger partial charge in [-0.25, -0.2) is 13.6 Å². The van der Waals surface area contributed by atoms with Gasteiger partial charge in [-0.15, -0.1) is 0 Å². The minimum absolute atomic E-state index is 0.0246. The number of rotatable bonds is 2. The second kappa shape index (κ2) is 3.57. The number of pyridine rings is 1. The standard InChI is InChI=1S/C8H7F2NO3/c1-3-2-4(6(9)10)11-7(12)5(3)8(13)14/h2,6H,1H3,(H,11,12)(H,13,14). The Kier molecular flexibility index (Phi) is 2.64.